The van der Waals surface area contributed by atoms with Crippen molar-refractivity contribution in [3.05, 3.63) is 63.6 Å². The van der Waals surface area contributed by atoms with E-state index >= 15 is 0 Å². The summed E-state index contributed by atoms with van der Waals surface area (Å²) in [6.45, 7) is 0. The van der Waals surface area contributed by atoms with Crippen LogP contribution in [-0.2, 0) is 4.79 Å². The number of carbonyl (C=O) groups excluding carboxylic acids is 2. The third-order valence-corrected chi connectivity index (χ3v) is 4.86. The normalized spacial score (nSPS) is 11.9. The smallest absolute Gasteiger partial charge is 0.164 e. The molecule has 0 saturated heterocycles. The highest BCUT2D eigenvalue weighted by Gasteiger charge is 2.18. The number of aliphatic carboxylic acids is 1. The van der Waals surface area contributed by atoms with Crippen molar-refractivity contribution in [3.63, 3.8) is 0 Å². The molecule has 1 atom stereocenters. The summed E-state index contributed by atoms with van der Waals surface area (Å²) in [4.78, 5) is 24.2. The van der Waals surface area contributed by atoms with Crippen LogP contribution in [0, 0.1) is 0 Å². The average Bonchev–Trinajstić information content (AvgIpc) is 2.49. The summed E-state index contributed by atoms with van der Waals surface area (Å²) >= 11 is 10.2. The van der Waals surface area contributed by atoms with Crippen LogP contribution >= 0.6 is 39.3 Å². The molecular weight excluding hydrogens is 388 g/mol. The van der Waals surface area contributed by atoms with Crippen LogP contribution in [0.3, 0.4) is 0 Å². The lowest BCUT2D eigenvalue weighted by Crippen LogP contribution is -2.35. The molecule has 6 heteroatoms. The van der Waals surface area contributed by atoms with E-state index in [0.717, 1.165) is 21.1 Å². The molecule has 114 valence electrons. The SMILES string of the molecule is O=C(C[C@H](Sc1ccc(Br)cc1)C(=O)[O-])c1ccc(Cl)cc1. The zero-order chi connectivity index (χ0) is 16.1. The van der Waals surface area contributed by atoms with E-state index in [4.69, 9.17) is 11.6 Å². The van der Waals surface area contributed by atoms with Gasteiger partial charge in [0.05, 0.1) is 11.2 Å². The first kappa shape index (κ1) is 17.1. The van der Waals surface area contributed by atoms with Gasteiger partial charge in [-0.2, -0.15) is 0 Å². The van der Waals surface area contributed by atoms with Gasteiger partial charge >= 0.3 is 0 Å². The molecule has 0 unspecified atom stereocenters. The van der Waals surface area contributed by atoms with Crippen molar-refractivity contribution < 1.29 is 14.7 Å². The molecule has 2 aromatic carbocycles. The molecule has 0 aliphatic carbocycles. The Kier molecular flexibility index (Phi) is 6.06. The fourth-order valence-electron chi connectivity index (χ4n) is 1.77. The van der Waals surface area contributed by atoms with Crippen LogP contribution in [-0.4, -0.2) is 17.0 Å². The minimum Gasteiger partial charge on any atom is -0.549 e. The molecule has 0 saturated carbocycles. The van der Waals surface area contributed by atoms with Gasteiger partial charge < -0.3 is 9.90 Å². The van der Waals surface area contributed by atoms with Gasteiger partial charge in [-0.1, -0.05) is 27.5 Å². The summed E-state index contributed by atoms with van der Waals surface area (Å²) in [6.07, 6.45) is -0.134. The van der Waals surface area contributed by atoms with Gasteiger partial charge in [-0.25, -0.2) is 0 Å². The molecule has 2 aromatic rings. The first-order valence-corrected chi connectivity index (χ1v) is 8.42. The molecule has 3 nitrogen and oxygen atoms in total. The Morgan fingerprint density at radius 1 is 1.09 bits per heavy atom. The van der Waals surface area contributed by atoms with Crippen molar-refractivity contribution in [2.45, 2.75) is 16.6 Å². The van der Waals surface area contributed by atoms with Crippen molar-refractivity contribution >= 4 is 51.0 Å². The summed E-state index contributed by atoms with van der Waals surface area (Å²) in [7, 11) is 0. The predicted octanol–water partition coefficient (Wildman–Crippen LogP) is 3.59. The zero-order valence-electron chi connectivity index (χ0n) is 11.3. The van der Waals surface area contributed by atoms with Gasteiger partial charge in [0.1, 0.15) is 0 Å². The third kappa shape index (κ3) is 4.87. The number of hydrogen-bond acceptors (Lipinski definition) is 4. The Balaban J connectivity index is 2.08. The molecule has 0 radical (unpaired) electrons. The molecule has 0 heterocycles. The van der Waals surface area contributed by atoms with Gasteiger partial charge in [-0.3, -0.25) is 4.79 Å². The van der Waals surface area contributed by atoms with Gasteiger partial charge in [0.25, 0.3) is 0 Å². The Morgan fingerprint density at radius 3 is 2.23 bits per heavy atom. The number of benzene rings is 2. The minimum absolute atomic E-state index is 0.134. The highest BCUT2D eigenvalue weighted by molar-refractivity contribution is 9.10. The Hall–Kier alpha value is -1.30. The van der Waals surface area contributed by atoms with Crippen LogP contribution < -0.4 is 5.11 Å². The fraction of sp³-hybridized carbons (Fsp3) is 0.125. The molecule has 0 fully saturated rings. The molecule has 0 bridgehead atoms. The summed E-state index contributed by atoms with van der Waals surface area (Å²) in [5.74, 6) is -1.51. The molecule has 22 heavy (non-hydrogen) atoms. The van der Waals surface area contributed by atoms with Crippen molar-refractivity contribution in [2.24, 2.45) is 0 Å². The van der Waals surface area contributed by atoms with E-state index in [1.807, 2.05) is 12.1 Å². The lowest BCUT2D eigenvalue weighted by Gasteiger charge is -2.17. The fourth-order valence-corrected chi connectivity index (χ4v) is 3.12. The molecule has 0 spiro atoms. The van der Waals surface area contributed by atoms with Gasteiger partial charge in [-0.15, -0.1) is 11.8 Å². The molecule has 0 aromatic heterocycles. The van der Waals surface area contributed by atoms with Crippen LogP contribution in [0.4, 0.5) is 0 Å². The van der Waals surface area contributed by atoms with Crippen molar-refractivity contribution in [2.75, 3.05) is 0 Å². The van der Waals surface area contributed by atoms with Gasteiger partial charge in [0.2, 0.25) is 0 Å². The van der Waals surface area contributed by atoms with E-state index in [2.05, 4.69) is 15.9 Å². The van der Waals surface area contributed by atoms with Gasteiger partial charge in [0.15, 0.2) is 5.78 Å². The van der Waals surface area contributed by atoms with Gasteiger partial charge in [-0.05, 0) is 48.5 Å². The van der Waals surface area contributed by atoms with E-state index in [9.17, 15) is 14.7 Å². The number of carbonyl (C=O) groups is 2. The maximum absolute atomic E-state index is 12.2. The summed E-state index contributed by atoms with van der Waals surface area (Å²) in [5, 5.41) is 10.9. The summed E-state index contributed by atoms with van der Waals surface area (Å²) in [6, 6.07) is 13.6. The number of carboxylic acids is 1. The van der Waals surface area contributed by atoms with E-state index in [1.54, 1.807) is 36.4 Å². The maximum Gasteiger partial charge on any atom is 0.164 e. The Bertz CT molecular complexity index is 671. The second-order valence-corrected chi connectivity index (χ2v) is 7.14. The Morgan fingerprint density at radius 2 is 1.68 bits per heavy atom. The number of rotatable bonds is 6. The van der Waals surface area contributed by atoms with Crippen LogP contribution in [0.5, 0.6) is 0 Å². The number of carboxylic acid groups (broad SMARTS) is 1. The van der Waals surface area contributed by atoms with E-state index < -0.39 is 11.2 Å². The largest absolute Gasteiger partial charge is 0.549 e. The Labute approximate surface area is 145 Å². The maximum atomic E-state index is 12.2. The predicted molar refractivity (Wildman–Crippen MR) is 89.2 cm³/mol. The first-order valence-electron chi connectivity index (χ1n) is 6.37. The summed E-state index contributed by atoms with van der Waals surface area (Å²) < 4.78 is 0.902. The van der Waals surface area contributed by atoms with Crippen molar-refractivity contribution in [1.29, 1.82) is 0 Å². The molecule has 0 aliphatic rings. The van der Waals surface area contributed by atoms with Crippen LogP contribution in [0.1, 0.15) is 16.8 Å². The second kappa shape index (κ2) is 7.81. The van der Waals surface area contributed by atoms with E-state index in [1.165, 1.54) is 0 Å². The number of ketones is 1. The molecule has 0 aliphatic heterocycles. The van der Waals surface area contributed by atoms with Crippen LogP contribution in [0.25, 0.3) is 0 Å². The quantitative estimate of drug-likeness (QED) is 0.551. The number of Topliss-reactive ketones (excluding diaryl/α,β-unsaturated/α-hetero) is 1. The molecule has 2 rings (SSSR count). The van der Waals surface area contributed by atoms with E-state index in [-0.39, 0.29) is 12.2 Å². The molecule has 0 N–H and O–H groups in total. The average molecular weight is 399 g/mol. The van der Waals surface area contributed by atoms with Crippen molar-refractivity contribution in [3.8, 4) is 0 Å². The highest BCUT2D eigenvalue weighted by Crippen LogP contribution is 2.27. The number of hydrogen-bond donors (Lipinski definition) is 0. The van der Waals surface area contributed by atoms with E-state index in [0.29, 0.717) is 10.6 Å². The lowest BCUT2D eigenvalue weighted by molar-refractivity contribution is -0.304. The first-order chi connectivity index (χ1) is 10.5. The van der Waals surface area contributed by atoms with Crippen LogP contribution in [0.2, 0.25) is 5.02 Å². The topological polar surface area (TPSA) is 57.2 Å². The standard InChI is InChI=1S/C16H12BrClO3S/c17-11-3-7-13(8-4-11)22-15(16(20)21)9-14(19)10-1-5-12(18)6-2-10/h1-8,15H,9H2,(H,20,21)/p-1/t15-/m0/s1. The third-order valence-electron chi connectivity index (χ3n) is 2.89. The minimum atomic E-state index is -1.25. The monoisotopic (exact) mass is 397 g/mol. The highest BCUT2D eigenvalue weighted by atomic mass is 79.9. The van der Waals surface area contributed by atoms with Gasteiger partial charge in [0, 0.05) is 26.4 Å². The molecular formula is C16H11BrClO3S-. The van der Waals surface area contributed by atoms with Crippen molar-refractivity contribution in [1.82, 2.24) is 0 Å². The second-order valence-electron chi connectivity index (χ2n) is 4.51. The summed E-state index contributed by atoms with van der Waals surface area (Å²) in [5.41, 5.74) is 0.437. The number of halogens is 2. The zero-order valence-corrected chi connectivity index (χ0v) is 14.5. The lowest BCUT2D eigenvalue weighted by atomic mass is 10.1. The number of thioether (sulfide) groups is 1. The van der Waals surface area contributed by atoms with Crippen LogP contribution in [0.15, 0.2) is 57.9 Å². The molecule has 0 amide bonds.